The molecule has 2 atom stereocenters. The molecule has 6 nitrogen and oxygen atoms in total. The second kappa shape index (κ2) is 8.78. The Morgan fingerprint density at radius 3 is 2.27 bits per heavy atom. The Kier molecular flexibility index (Phi) is 6.71. The summed E-state index contributed by atoms with van der Waals surface area (Å²) in [6, 6.07) is 10.4. The van der Waals surface area contributed by atoms with E-state index in [1.807, 2.05) is 0 Å². The van der Waals surface area contributed by atoms with Gasteiger partial charge in [0.05, 0.1) is 28.0 Å². The van der Waals surface area contributed by atoms with Crippen molar-refractivity contribution >= 4 is 41.1 Å². The maximum atomic E-state index is 12.4. The van der Waals surface area contributed by atoms with E-state index in [9.17, 15) is 19.7 Å². The number of halogens is 2. The second-order valence-electron chi connectivity index (χ2n) is 5.53. The predicted molar refractivity (Wildman–Crippen MR) is 97.7 cm³/mol. The molecule has 26 heavy (non-hydrogen) atoms. The van der Waals surface area contributed by atoms with Gasteiger partial charge in [0.1, 0.15) is 6.29 Å². The van der Waals surface area contributed by atoms with Crippen molar-refractivity contribution in [3.8, 4) is 0 Å². The summed E-state index contributed by atoms with van der Waals surface area (Å²) in [4.78, 5) is 34.0. The highest BCUT2D eigenvalue weighted by Crippen LogP contribution is 2.38. The summed E-state index contributed by atoms with van der Waals surface area (Å²) in [6.07, 6.45) is 0.739. The smallest absolute Gasteiger partial charge is 0.313 e. The topological polar surface area (TPSA) is 86.5 Å². The van der Waals surface area contributed by atoms with Crippen LogP contribution in [0.1, 0.15) is 29.4 Å². The molecule has 0 aliphatic heterocycles. The lowest BCUT2D eigenvalue weighted by Gasteiger charge is -2.25. The molecule has 0 radical (unpaired) electrons. The van der Waals surface area contributed by atoms with Gasteiger partial charge >= 0.3 is 5.97 Å². The van der Waals surface area contributed by atoms with Gasteiger partial charge in [0.2, 0.25) is 0 Å². The number of nitrogens with zero attached hydrogens (tertiary/aromatic N) is 1. The van der Waals surface area contributed by atoms with Gasteiger partial charge in [0.15, 0.2) is 0 Å². The van der Waals surface area contributed by atoms with E-state index in [1.165, 1.54) is 31.4 Å². The van der Waals surface area contributed by atoms with Gasteiger partial charge in [-0.05, 0) is 23.3 Å². The van der Waals surface area contributed by atoms with E-state index in [2.05, 4.69) is 0 Å². The molecule has 8 heteroatoms. The van der Waals surface area contributed by atoms with E-state index in [1.54, 1.807) is 18.2 Å². The minimum absolute atomic E-state index is 0.0364. The number of ether oxygens (including phenoxy) is 1. The molecule has 0 spiro atoms. The number of hydrogen-bond donors (Lipinski definition) is 0. The number of nitro groups is 1. The Balaban J connectivity index is 2.53. The molecule has 0 heterocycles. The monoisotopic (exact) mass is 395 g/mol. The molecule has 0 saturated carbocycles. The fourth-order valence-corrected chi connectivity index (χ4v) is 3.08. The largest absolute Gasteiger partial charge is 0.469 e. The highest BCUT2D eigenvalue weighted by molar-refractivity contribution is 6.42. The quantitative estimate of drug-likeness (QED) is 0.297. The van der Waals surface area contributed by atoms with Gasteiger partial charge in [-0.25, -0.2) is 0 Å². The van der Waals surface area contributed by atoms with E-state index in [0.29, 0.717) is 27.5 Å². The van der Waals surface area contributed by atoms with Crippen molar-refractivity contribution < 1.29 is 19.2 Å². The highest BCUT2D eigenvalue weighted by Gasteiger charge is 2.32. The molecule has 0 N–H and O–H groups in total. The molecule has 0 bridgehead atoms. The summed E-state index contributed by atoms with van der Waals surface area (Å²) in [7, 11) is 1.24. The molecule has 0 saturated heterocycles. The number of carbonyl (C=O) groups excluding carboxylic acids is 2. The van der Waals surface area contributed by atoms with Crippen molar-refractivity contribution in [2.24, 2.45) is 0 Å². The lowest BCUT2D eigenvalue weighted by atomic mass is 9.79. The fraction of sp³-hybridized carbons (Fsp3) is 0.222. The van der Waals surface area contributed by atoms with Crippen molar-refractivity contribution in [3.63, 3.8) is 0 Å². The number of non-ortho nitro benzene ring substituents is 1. The number of benzene rings is 2. The summed E-state index contributed by atoms with van der Waals surface area (Å²) in [6.45, 7) is 0. The number of esters is 1. The Morgan fingerprint density at radius 1 is 1.15 bits per heavy atom. The maximum Gasteiger partial charge on any atom is 0.313 e. The summed E-state index contributed by atoms with van der Waals surface area (Å²) in [5.41, 5.74) is 1.04. The zero-order valence-corrected chi connectivity index (χ0v) is 15.2. The molecule has 0 aliphatic carbocycles. The van der Waals surface area contributed by atoms with Crippen LogP contribution in [-0.4, -0.2) is 24.3 Å². The van der Waals surface area contributed by atoms with Crippen LogP contribution in [0.4, 0.5) is 5.69 Å². The SMILES string of the molecule is COC(=O)[C@H](c1ccc([N+](=O)[O-])cc1)[C@H](CC=O)c1ccc(Cl)c(Cl)c1. The van der Waals surface area contributed by atoms with Gasteiger partial charge < -0.3 is 9.53 Å². The first-order valence-electron chi connectivity index (χ1n) is 7.59. The van der Waals surface area contributed by atoms with Crippen LogP contribution in [0.3, 0.4) is 0 Å². The van der Waals surface area contributed by atoms with Gasteiger partial charge in [-0.3, -0.25) is 14.9 Å². The zero-order valence-electron chi connectivity index (χ0n) is 13.7. The lowest BCUT2D eigenvalue weighted by molar-refractivity contribution is -0.384. The third-order valence-electron chi connectivity index (χ3n) is 4.04. The second-order valence-corrected chi connectivity index (χ2v) is 6.35. The first-order chi connectivity index (χ1) is 12.4. The van der Waals surface area contributed by atoms with Gasteiger partial charge in [0, 0.05) is 24.5 Å². The van der Waals surface area contributed by atoms with Crippen molar-refractivity contribution in [2.45, 2.75) is 18.3 Å². The van der Waals surface area contributed by atoms with E-state index in [4.69, 9.17) is 27.9 Å². The van der Waals surface area contributed by atoms with Crippen LogP contribution in [-0.2, 0) is 14.3 Å². The van der Waals surface area contributed by atoms with Crippen LogP contribution in [0.2, 0.25) is 10.0 Å². The van der Waals surface area contributed by atoms with Crippen LogP contribution in [0.15, 0.2) is 42.5 Å². The minimum atomic E-state index is -0.830. The summed E-state index contributed by atoms with van der Waals surface area (Å²) in [5.74, 6) is -1.95. The third kappa shape index (κ3) is 4.39. The van der Waals surface area contributed by atoms with E-state index >= 15 is 0 Å². The number of nitro benzene ring substituents is 1. The van der Waals surface area contributed by atoms with E-state index < -0.39 is 22.7 Å². The van der Waals surface area contributed by atoms with Gasteiger partial charge in [-0.15, -0.1) is 0 Å². The van der Waals surface area contributed by atoms with Crippen LogP contribution in [0.25, 0.3) is 0 Å². The van der Waals surface area contributed by atoms with Gasteiger partial charge in [-0.1, -0.05) is 41.4 Å². The number of rotatable bonds is 7. The van der Waals surface area contributed by atoms with Crippen LogP contribution in [0, 0.1) is 10.1 Å². The zero-order chi connectivity index (χ0) is 19.3. The number of methoxy groups -OCH3 is 1. The minimum Gasteiger partial charge on any atom is -0.469 e. The Morgan fingerprint density at radius 2 is 1.77 bits per heavy atom. The lowest BCUT2D eigenvalue weighted by Crippen LogP contribution is -2.22. The molecule has 0 amide bonds. The Hall–Kier alpha value is -2.44. The van der Waals surface area contributed by atoms with E-state index in [0.717, 1.165) is 0 Å². The van der Waals surface area contributed by atoms with Crippen LogP contribution < -0.4 is 0 Å². The van der Waals surface area contributed by atoms with Gasteiger partial charge in [-0.2, -0.15) is 0 Å². The van der Waals surface area contributed by atoms with Crippen molar-refractivity contribution in [1.29, 1.82) is 0 Å². The Bertz CT molecular complexity index is 823. The Labute approximate surface area is 159 Å². The van der Waals surface area contributed by atoms with E-state index in [-0.39, 0.29) is 12.1 Å². The maximum absolute atomic E-state index is 12.4. The number of aldehydes is 1. The number of hydrogen-bond acceptors (Lipinski definition) is 5. The van der Waals surface area contributed by atoms with Gasteiger partial charge in [0.25, 0.3) is 5.69 Å². The molecule has 136 valence electrons. The average Bonchev–Trinajstić information content (AvgIpc) is 2.63. The predicted octanol–water partition coefficient (Wildman–Crippen LogP) is 4.53. The molecule has 2 rings (SSSR count). The van der Waals surface area contributed by atoms with Crippen molar-refractivity contribution in [2.75, 3.05) is 7.11 Å². The molecule has 0 fully saturated rings. The normalized spacial score (nSPS) is 12.9. The highest BCUT2D eigenvalue weighted by atomic mass is 35.5. The molecule has 2 aromatic carbocycles. The summed E-state index contributed by atoms with van der Waals surface area (Å²) >= 11 is 12.0. The third-order valence-corrected chi connectivity index (χ3v) is 4.78. The fourth-order valence-electron chi connectivity index (χ4n) is 2.77. The molecule has 2 aromatic rings. The van der Waals surface area contributed by atoms with Crippen LogP contribution in [0.5, 0.6) is 0 Å². The number of carbonyl (C=O) groups is 2. The van der Waals surface area contributed by atoms with Crippen molar-refractivity contribution in [3.05, 3.63) is 73.8 Å². The summed E-state index contributed by atoms with van der Waals surface area (Å²) in [5, 5.41) is 11.5. The molecule has 0 unspecified atom stereocenters. The molecule has 0 aliphatic rings. The van der Waals surface area contributed by atoms with Crippen molar-refractivity contribution in [1.82, 2.24) is 0 Å². The summed E-state index contributed by atoms with van der Waals surface area (Å²) < 4.78 is 4.90. The average molecular weight is 396 g/mol. The van der Waals surface area contributed by atoms with Crippen LogP contribution >= 0.6 is 23.2 Å². The molecule has 0 aromatic heterocycles. The molecular formula is C18H15Cl2NO5. The molecular weight excluding hydrogens is 381 g/mol. The standard InChI is InChI=1S/C18H15Cl2NO5/c1-26-18(23)17(11-2-5-13(6-3-11)21(24)25)14(8-9-22)12-4-7-15(19)16(20)10-12/h2-7,9-10,14,17H,8H2,1H3/t14-,17-/m1/s1. The first kappa shape index (κ1) is 19.9. The first-order valence-corrected chi connectivity index (χ1v) is 8.35.